The van der Waals surface area contributed by atoms with Gasteiger partial charge < -0.3 is 68.7 Å². The van der Waals surface area contributed by atoms with E-state index in [0.29, 0.717) is 97.0 Å². The summed E-state index contributed by atoms with van der Waals surface area (Å²) in [6.45, 7) is 23.5. The van der Waals surface area contributed by atoms with Crippen molar-refractivity contribution in [2.24, 2.45) is 0 Å². The first-order valence-electron chi connectivity index (χ1n) is 42.2. The number of carboxylic acids is 1. The molecule has 9 aromatic heterocycles. The van der Waals surface area contributed by atoms with Gasteiger partial charge in [-0.2, -0.15) is 9.80 Å². The molecule has 0 atom stereocenters. The standard InChI is InChI=1S/C34H36N6O6.C24H20N6O2.C22H24BrN5O5.C12H8BrN5O.C5H4BrN3O2/c1-10-14-22-19-23(30(41)39(8)9)17-18-24(22)25-20-35-27(40(31(42)45-33(2,3)4)32(43)46-34(5,6)7)26(36-25)29-38-37-28(44-29)21-15-12-11-13-16-21;1-4-8-16-13-17(24(31)30(2)3)11-12-18(16)19-14-26-21(25)20(27-19)23-29-28-22(32-23)15-9-6-5-7-10-15;1-21(2,3)32-19(29)28(20(30)33-22(4,5)6)16-15(25-14(23)12-24-16)18-27-26-17(31-18)13-10-8-7-9-11-13;13-8-6-15-10(14)9(16-8)12-18-17-11(19-12)7-4-2-1-3-5-7;6-2-1-8-4(7)3(9-2)5(10)11/h11-13,15-20H,1-9H3;5-7,9-14H,1-3H3,(H2,25,26);7-12H,1-6H3;1-6H,(H2,14,15);1H,(H2,7,8)(H,10,11). The molecule has 6 aromatic carbocycles. The minimum absolute atomic E-state index is 0.00391. The Morgan fingerprint density at radius 1 is 0.348 bits per heavy atom. The predicted octanol–water partition coefficient (Wildman–Crippen LogP) is 18.8. The molecule has 141 heavy (non-hydrogen) atoms. The highest BCUT2D eigenvalue weighted by atomic mass is 79.9. The van der Waals surface area contributed by atoms with E-state index in [9.17, 15) is 33.6 Å². The van der Waals surface area contributed by atoms with Crippen LogP contribution in [0.2, 0.25) is 0 Å². The smallest absolute Gasteiger partial charge is 0.425 e. The number of rotatable bonds is 15. The number of aromatic carboxylic acids is 1. The number of amides is 6. The Balaban J connectivity index is 0.000000178. The molecule has 6 amide bonds. The van der Waals surface area contributed by atoms with Crippen molar-refractivity contribution in [3.05, 3.63) is 230 Å². The molecule has 0 bridgehead atoms. The molecule has 0 radical (unpaired) electrons. The quantitative estimate of drug-likeness (QED) is 0.0547. The number of carbonyl (C=O) groups excluding carboxylic acids is 6. The molecule has 0 aliphatic heterocycles. The number of aromatic nitrogens is 18. The van der Waals surface area contributed by atoms with Crippen molar-refractivity contribution >= 4 is 119 Å². The third-order valence-electron chi connectivity index (χ3n) is 17.8. The lowest BCUT2D eigenvalue weighted by Crippen LogP contribution is -2.44. The number of carboxylic acid groups (broad SMARTS) is 1. The van der Waals surface area contributed by atoms with Crippen LogP contribution in [0.15, 0.2) is 220 Å². The maximum atomic E-state index is 13.6. The van der Waals surface area contributed by atoms with E-state index in [2.05, 4.69) is 157 Å². The van der Waals surface area contributed by atoms with Gasteiger partial charge in [0, 0.05) is 83.8 Å². The van der Waals surface area contributed by atoms with Crippen molar-refractivity contribution in [3.63, 3.8) is 0 Å². The number of nitrogens with zero attached hydrogens (tertiary/aromatic N) is 22. The Bertz CT molecular complexity index is 7150. The van der Waals surface area contributed by atoms with Crippen LogP contribution >= 0.6 is 47.8 Å². The average Bonchev–Trinajstić information content (AvgIpc) is 1.77. The van der Waals surface area contributed by atoms with E-state index in [1.807, 2.05) is 97.1 Å². The van der Waals surface area contributed by atoms with E-state index in [1.54, 1.807) is 192 Å². The first kappa shape index (κ1) is 105. The van der Waals surface area contributed by atoms with Crippen LogP contribution in [-0.2, 0) is 18.9 Å². The van der Waals surface area contributed by atoms with Gasteiger partial charge in [-0.1, -0.05) is 96.8 Å². The maximum absolute atomic E-state index is 13.6. The summed E-state index contributed by atoms with van der Waals surface area (Å²) in [6, 6.07) is 47.4. The Kier molecular flexibility index (Phi) is 34.0. The van der Waals surface area contributed by atoms with E-state index in [4.69, 9.17) is 63.9 Å². The summed E-state index contributed by atoms with van der Waals surface area (Å²) in [4.78, 5) is 135. The first-order valence-corrected chi connectivity index (χ1v) is 44.6. The normalized spacial score (nSPS) is 10.9. The molecular formula is C97H92Br3N25O16. The van der Waals surface area contributed by atoms with Gasteiger partial charge in [0.2, 0.25) is 23.6 Å². The number of nitrogen functional groups attached to an aromatic ring is 3. The SMILES string of the molecule is CC#Cc1cc(C(=O)N(C)C)ccc1-c1cnc(N(C(=O)OC(C)(C)C)C(=O)OC(C)(C)C)c(-c2nnc(-c3ccccc3)o2)n1.CC#Cc1cc(C(=O)N(C)C)ccc1-c1cnc(N)c(-c2nnc(-c3ccccc3)o2)n1.CC(C)(C)OC(=O)N(C(=O)OC(C)(C)C)c1ncc(Br)nc1-c1nnc(-c2ccccc2)o1.Nc1ncc(Br)nc1-c1nnc(-c2ccccc2)o1.Nc1ncc(Br)nc1C(=O)O. The molecule has 0 unspecified atom stereocenters. The van der Waals surface area contributed by atoms with Crippen molar-refractivity contribution in [3.8, 4) is 138 Å². The highest BCUT2D eigenvalue weighted by molar-refractivity contribution is 9.11. The molecule has 7 N–H and O–H groups in total. The molecule has 722 valence electrons. The van der Waals surface area contributed by atoms with Crippen LogP contribution in [-0.4, -0.2) is 198 Å². The third-order valence-corrected chi connectivity index (χ3v) is 18.9. The van der Waals surface area contributed by atoms with Crippen molar-refractivity contribution < 1.29 is 75.3 Å². The molecule has 0 saturated heterocycles. The Morgan fingerprint density at radius 3 is 0.936 bits per heavy atom. The summed E-state index contributed by atoms with van der Waals surface area (Å²) in [5, 5.41) is 41.1. The second-order valence-corrected chi connectivity index (χ2v) is 36.3. The van der Waals surface area contributed by atoms with Gasteiger partial charge in [0.1, 0.15) is 36.2 Å². The van der Waals surface area contributed by atoms with E-state index < -0.39 is 52.7 Å². The van der Waals surface area contributed by atoms with Gasteiger partial charge in [0.25, 0.3) is 35.4 Å². The van der Waals surface area contributed by atoms with Crippen LogP contribution in [0.25, 0.3) is 115 Å². The molecule has 9 heterocycles. The molecular weight excluding hydrogens is 2010 g/mol. The van der Waals surface area contributed by atoms with Crippen LogP contribution < -0.4 is 27.0 Å². The topological polar surface area (TPSA) is 552 Å². The highest BCUT2D eigenvalue weighted by Crippen LogP contribution is 2.38. The van der Waals surface area contributed by atoms with E-state index >= 15 is 0 Å². The summed E-state index contributed by atoms with van der Waals surface area (Å²) in [7, 11) is 6.72. The minimum Gasteiger partial charge on any atom is -0.476 e. The summed E-state index contributed by atoms with van der Waals surface area (Å²) in [5.74, 6) is 11.6. The van der Waals surface area contributed by atoms with Crippen molar-refractivity contribution in [2.45, 2.75) is 119 Å². The molecule has 0 aliphatic carbocycles. The van der Waals surface area contributed by atoms with Gasteiger partial charge in [-0.3, -0.25) is 9.59 Å². The molecule has 0 saturated carbocycles. The Labute approximate surface area is 832 Å². The molecule has 0 spiro atoms. The summed E-state index contributed by atoms with van der Waals surface area (Å²) in [6.07, 6.45) is 3.03. The number of hydrogen-bond donors (Lipinski definition) is 4. The molecule has 0 fully saturated rings. The number of nitrogens with two attached hydrogens (primary N) is 3. The number of ether oxygens (including phenoxy) is 4. The van der Waals surface area contributed by atoms with Gasteiger partial charge in [-0.25, -0.2) is 73.8 Å². The number of carbonyl (C=O) groups is 7. The Morgan fingerprint density at radius 2 is 0.617 bits per heavy atom. The molecule has 41 nitrogen and oxygen atoms in total. The zero-order valence-electron chi connectivity index (χ0n) is 79.2. The summed E-state index contributed by atoms with van der Waals surface area (Å²) >= 11 is 9.45. The highest BCUT2D eigenvalue weighted by Gasteiger charge is 2.40. The molecule has 15 rings (SSSR count). The van der Waals surface area contributed by atoms with Gasteiger partial charge in [0.05, 0.1) is 42.4 Å². The van der Waals surface area contributed by atoms with Gasteiger partial charge in [0.15, 0.2) is 57.6 Å². The summed E-state index contributed by atoms with van der Waals surface area (Å²) < 4.78 is 46.4. The number of halogens is 3. The zero-order valence-corrected chi connectivity index (χ0v) is 83.9. The van der Waals surface area contributed by atoms with Gasteiger partial charge >= 0.3 is 30.3 Å². The Hall–Kier alpha value is -16.9. The zero-order chi connectivity index (χ0) is 103. The first-order chi connectivity index (χ1) is 66.7. The van der Waals surface area contributed by atoms with E-state index in [1.165, 1.54) is 34.6 Å². The van der Waals surface area contributed by atoms with Crippen LogP contribution in [0.4, 0.5) is 48.3 Å². The number of anilines is 5. The molecule has 44 heteroatoms. The van der Waals surface area contributed by atoms with Crippen LogP contribution in [0.3, 0.4) is 0 Å². The largest absolute Gasteiger partial charge is 0.476 e. The predicted molar refractivity (Wildman–Crippen MR) is 530 cm³/mol. The number of imide groups is 2. The van der Waals surface area contributed by atoms with Crippen molar-refractivity contribution in [1.29, 1.82) is 0 Å². The third kappa shape index (κ3) is 28.4. The number of benzene rings is 6. The fourth-order valence-electron chi connectivity index (χ4n) is 11.8. The average molecular weight is 2100 g/mol. The van der Waals surface area contributed by atoms with E-state index in [0.717, 1.165) is 11.1 Å². The minimum atomic E-state index is -1.18. The van der Waals surface area contributed by atoms with Gasteiger partial charge in [-0.05, 0) is 218 Å². The molecule has 15 aromatic rings. The van der Waals surface area contributed by atoms with Crippen LogP contribution in [0, 0.1) is 23.7 Å². The lowest BCUT2D eigenvalue weighted by molar-refractivity contribution is 0.0406. The van der Waals surface area contributed by atoms with Gasteiger partial charge in [-0.15, -0.1) is 52.6 Å². The molecule has 0 aliphatic rings. The lowest BCUT2D eigenvalue weighted by atomic mass is 10.0. The van der Waals surface area contributed by atoms with Crippen LogP contribution in [0.5, 0.6) is 0 Å². The number of hydrogen-bond acceptors (Lipinski definition) is 36. The second-order valence-electron chi connectivity index (χ2n) is 33.8. The lowest BCUT2D eigenvalue weighted by Gasteiger charge is -2.28. The fourth-order valence-corrected chi connectivity index (χ4v) is 12.7. The fraction of sp³-hybridized carbons (Fsp3) is 0.227. The maximum Gasteiger partial charge on any atom is 0.425 e. The monoisotopic (exact) mass is 2100 g/mol. The van der Waals surface area contributed by atoms with Crippen LogP contribution in [0.1, 0.15) is 139 Å². The van der Waals surface area contributed by atoms with Crippen molar-refractivity contribution in [2.75, 3.05) is 55.2 Å². The second kappa shape index (κ2) is 45.9. The summed E-state index contributed by atoms with van der Waals surface area (Å²) in [5.41, 5.74) is 20.8. The van der Waals surface area contributed by atoms with E-state index in [-0.39, 0.29) is 99.0 Å². The van der Waals surface area contributed by atoms with Crippen molar-refractivity contribution in [1.82, 2.24) is 100 Å².